The van der Waals surface area contributed by atoms with Crippen molar-refractivity contribution >= 4 is 32.4 Å². The summed E-state index contributed by atoms with van der Waals surface area (Å²) in [5.74, 6) is -0.557. The number of hydrogen-bond acceptors (Lipinski definition) is 6. The maximum absolute atomic E-state index is 12.8. The first-order valence-corrected chi connectivity index (χ1v) is 12.1. The van der Waals surface area contributed by atoms with Gasteiger partial charge in [0.15, 0.2) is 5.13 Å². The number of nitrogens with one attached hydrogen (secondary N) is 1. The number of alkyl halides is 2. The van der Waals surface area contributed by atoms with E-state index in [1.807, 2.05) is 0 Å². The molecule has 0 bridgehead atoms. The van der Waals surface area contributed by atoms with E-state index in [4.69, 9.17) is 0 Å². The molecule has 170 valence electrons. The predicted octanol–water partition coefficient (Wildman–Crippen LogP) is 3.79. The van der Waals surface area contributed by atoms with E-state index in [1.165, 1.54) is 27.2 Å². The summed E-state index contributed by atoms with van der Waals surface area (Å²) in [7, 11) is -2.06. The van der Waals surface area contributed by atoms with E-state index in [1.54, 1.807) is 30.6 Å². The highest BCUT2D eigenvalue weighted by molar-refractivity contribution is 7.89. The fraction of sp³-hybridized carbons (Fsp3) is 0.300. The number of benzene rings is 1. The van der Waals surface area contributed by atoms with Crippen LogP contribution in [0.4, 0.5) is 13.9 Å². The number of carbonyl (C=O) groups is 1. The zero-order chi connectivity index (χ0) is 22.9. The van der Waals surface area contributed by atoms with Gasteiger partial charge in [0.25, 0.3) is 5.91 Å². The van der Waals surface area contributed by atoms with E-state index in [0.29, 0.717) is 24.3 Å². The van der Waals surface area contributed by atoms with Crippen molar-refractivity contribution in [2.45, 2.75) is 24.3 Å². The molecule has 1 aromatic carbocycles. The number of ether oxygens (including phenoxy) is 1. The van der Waals surface area contributed by atoms with Crippen LogP contribution in [-0.4, -0.2) is 47.9 Å². The average molecular weight is 483 g/mol. The smallest absolute Gasteiger partial charge is 0.387 e. The van der Waals surface area contributed by atoms with E-state index < -0.39 is 22.5 Å². The van der Waals surface area contributed by atoms with Crippen LogP contribution in [0.2, 0.25) is 0 Å². The van der Waals surface area contributed by atoms with Crippen molar-refractivity contribution in [3.8, 4) is 17.0 Å². The number of aromatic nitrogens is 2. The van der Waals surface area contributed by atoms with Gasteiger partial charge in [-0.2, -0.15) is 13.1 Å². The van der Waals surface area contributed by atoms with Crippen molar-refractivity contribution in [2.24, 2.45) is 7.05 Å². The average Bonchev–Trinajstić information content (AvgIpc) is 3.49. The van der Waals surface area contributed by atoms with Crippen LogP contribution < -0.4 is 10.1 Å². The van der Waals surface area contributed by atoms with Crippen molar-refractivity contribution in [2.75, 3.05) is 18.4 Å². The molecule has 1 saturated heterocycles. The molecular formula is C20H20F2N4O4S2. The molecule has 0 saturated carbocycles. The fourth-order valence-corrected chi connectivity index (χ4v) is 5.77. The summed E-state index contributed by atoms with van der Waals surface area (Å²) < 4.78 is 58.2. The number of thiazole rings is 1. The number of aryl methyl sites for hydroxylation is 1. The van der Waals surface area contributed by atoms with Crippen molar-refractivity contribution in [1.29, 1.82) is 0 Å². The molecule has 1 aliphatic heterocycles. The van der Waals surface area contributed by atoms with Gasteiger partial charge >= 0.3 is 6.61 Å². The number of anilines is 1. The van der Waals surface area contributed by atoms with Crippen LogP contribution in [0.25, 0.3) is 11.3 Å². The number of halogens is 2. The Morgan fingerprint density at radius 3 is 2.69 bits per heavy atom. The van der Waals surface area contributed by atoms with E-state index in [-0.39, 0.29) is 21.5 Å². The molecule has 2 aromatic heterocycles. The number of hydrogen-bond donors (Lipinski definition) is 1. The molecule has 12 heteroatoms. The first-order chi connectivity index (χ1) is 15.3. The van der Waals surface area contributed by atoms with E-state index in [0.717, 1.165) is 24.2 Å². The molecule has 1 N–H and O–H groups in total. The largest absolute Gasteiger partial charge is 0.434 e. The number of nitrogens with zero attached hydrogens (tertiary/aromatic N) is 3. The van der Waals surface area contributed by atoms with Crippen molar-refractivity contribution in [3.05, 3.63) is 47.6 Å². The Kier molecular flexibility index (Phi) is 6.26. The lowest BCUT2D eigenvalue weighted by atomic mass is 10.1. The quantitative estimate of drug-likeness (QED) is 0.553. The van der Waals surface area contributed by atoms with Gasteiger partial charge in [-0.05, 0) is 31.0 Å². The van der Waals surface area contributed by atoms with Gasteiger partial charge in [0.05, 0.1) is 5.69 Å². The van der Waals surface area contributed by atoms with Gasteiger partial charge in [0, 0.05) is 37.3 Å². The number of para-hydroxylation sites is 1. The standard InChI is InChI=1S/C20H20F2N4O4S2/c1-25-11-13(32(28,29)26-8-4-5-9-26)10-16(25)18(27)24-20-23-15(12-31-20)14-6-2-3-7-17(14)30-19(21)22/h2-3,6-7,10-12,19H,4-5,8-9H2,1H3,(H,23,24,27). The summed E-state index contributed by atoms with van der Waals surface area (Å²) in [5, 5.41) is 4.48. The minimum absolute atomic E-state index is 0.0233. The predicted molar refractivity (Wildman–Crippen MR) is 116 cm³/mol. The third kappa shape index (κ3) is 4.52. The van der Waals surface area contributed by atoms with Gasteiger partial charge in [-0.15, -0.1) is 11.3 Å². The third-order valence-electron chi connectivity index (χ3n) is 5.02. The highest BCUT2D eigenvalue weighted by Crippen LogP contribution is 2.33. The molecule has 32 heavy (non-hydrogen) atoms. The Hall–Kier alpha value is -2.83. The van der Waals surface area contributed by atoms with Gasteiger partial charge in [-0.25, -0.2) is 13.4 Å². The third-order valence-corrected chi connectivity index (χ3v) is 7.64. The molecule has 0 aliphatic carbocycles. The van der Waals surface area contributed by atoms with Crippen LogP contribution in [0.1, 0.15) is 23.3 Å². The van der Waals surface area contributed by atoms with Crippen molar-refractivity contribution < 1.29 is 26.7 Å². The van der Waals surface area contributed by atoms with Crippen LogP contribution in [-0.2, 0) is 17.1 Å². The SMILES string of the molecule is Cn1cc(S(=O)(=O)N2CCCC2)cc1C(=O)Nc1nc(-c2ccccc2OC(F)F)cs1. The molecule has 3 heterocycles. The van der Waals surface area contributed by atoms with E-state index in [9.17, 15) is 22.0 Å². The van der Waals surface area contributed by atoms with Crippen LogP contribution in [0, 0.1) is 0 Å². The van der Waals surface area contributed by atoms with Gasteiger partial charge < -0.3 is 9.30 Å². The second kappa shape index (κ2) is 8.96. The first-order valence-electron chi connectivity index (χ1n) is 9.73. The molecule has 4 rings (SSSR count). The maximum atomic E-state index is 12.8. The van der Waals surface area contributed by atoms with Gasteiger partial charge in [-0.1, -0.05) is 12.1 Å². The topological polar surface area (TPSA) is 93.5 Å². The Bertz CT molecular complexity index is 1230. The minimum Gasteiger partial charge on any atom is -0.434 e. The molecule has 1 aliphatic rings. The van der Waals surface area contributed by atoms with E-state index in [2.05, 4.69) is 15.0 Å². The van der Waals surface area contributed by atoms with Crippen LogP contribution >= 0.6 is 11.3 Å². The first kappa shape index (κ1) is 22.4. The van der Waals surface area contributed by atoms with Gasteiger partial charge in [0.2, 0.25) is 10.0 Å². The van der Waals surface area contributed by atoms with Crippen LogP contribution in [0.5, 0.6) is 5.75 Å². The lowest BCUT2D eigenvalue weighted by Crippen LogP contribution is -2.27. The molecule has 0 spiro atoms. The highest BCUT2D eigenvalue weighted by Gasteiger charge is 2.29. The second-order valence-corrected chi connectivity index (χ2v) is 9.95. The lowest BCUT2D eigenvalue weighted by Gasteiger charge is -2.13. The Labute approximate surface area is 187 Å². The fourth-order valence-electron chi connectivity index (χ4n) is 3.47. The Morgan fingerprint density at radius 2 is 1.97 bits per heavy atom. The normalized spacial score (nSPS) is 14.8. The van der Waals surface area contributed by atoms with Crippen molar-refractivity contribution in [3.63, 3.8) is 0 Å². The molecule has 3 aromatic rings. The van der Waals surface area contributed by atoms with Gasteiger partial charge in [-0.3, -0.25) is 10.1 Å². The van der Waals surface area contributed by atoms with Gasteiger partial charge in [0.1, 0.15) is 16.3 Å². The summed E-state index contributed by atoms with van der Waals surface area (Å²) in [6, 6.07) is 7.57. The molecule has 8 nitrogen and oxygen atoms in total. The summed E-state index contributed by atoms with van der Waals surface area (Å²) in [4.78, 5) is 17.1. The Balaban J connectivity index is 1.53. The molecule has 0 unspecified atom stereocenters. The molecule has 0 radical (unpaired) electrons. The van der Waals surface area contributed by atoms with Crippen molar-refractivity contribution in [1.82, 2.24) is 13.9 Å². The van der Waals surface area contributed by atoms with Crippen LogP contribution in [0.3, 0.4) is 0 Å². The Morgan fingerprint density at radius 1 is 1.25 bits per heavy atom. The maximum Gasteiger partial charge on any atom is 0.387 e. The molecule has 1 fully saturated rings. The summed E-state index contributed by atoms with van der Waals surface area (Å²) in [5.41, 5.74) is 0.883. The summed E-state index contributed by atoms with van der Waals surface area (Å²) in [6.07, 6.45) is 3.04. The number of carbonyl (C=O) groups excluding carboxylic acids is 1. The lowest BCUT2D eigenvalue weighted by molar-refractivity contribution is -0.0494. The number of sulfonamides is 1. The molecular weight excluding hydrogens is 462 g/mol. The second-order valence-electron chi connectivity index (χ2n) is 7.15. The highest BCUT2D eigenvalue weighted by atomic mass is 32.2. The number of rotatable bonds is 7. The van der Waals surface area contributed by atoms with E-state index >= 15 is 0 Å². The number of amides is 1. The zero-order valence-electron chi connectivity index (χ0n) is 17.0. The zero-order valence-corrected chi connectivity index (χ0v) is 18.6. The minimum atomic E-state index is -3.65. The molecule has 1 amide bonds. The van der Waals surface area contributed by atoms with Crippen LogP contribution in [0.15, 0.2) is 46.8 Å². The molecule has 0 atom stereocenters. The summed E-state index contributed by atoms with van der Waals surface area (Å²) in [6.45, 7) is -2.04. The monoisotopic (exact) mass is 482 g/mol. The summed E-state index contributed by atoms with van der Waals surface area (Å²) >= 11 is 1.11.